The van der Waals surface area contributed by atoms with Crippen LogP contribution >= 0.6 is 0 Å². The third kappa shape index (κ3) is 4.16. The molecule has 26 heavy (non-hydrogen) atoms. The van der Waals surface area contributed by atoms with Crippen LogP contribution in [0.3, 0.4) is 0 Å². The number of nitrogens with zero attached hydrogens (tertiary/aromatic N) is 1. The van der Waals surface area contributed by atoms with E-state index in [9.17, 15) is 4.79 Å². The van der Waals surface area contributed by atoms with Gasteiger partial charge in [0.2, 0.25) is 0 Å². The van der Waals surface area contributed by atoms with Crippen LogP contribution in [0.25, 0.3) is 0 Å². The van der Waals surface area contributed by atoms with Gasteiger partial charge in [0.05, 0.1) is 0 Å². The number of carbonyl (C=O) groups excluding carboxylic acids is 1. The maximum atomic E-state index is 12.9. The summed E-state index contributed by atoms with van der Waals surface area (Å²) in [7, 11) is 4.29. The fourth-order valence-corrected chi connectivity index (χ4v) is 4.37. The van der Waals surface area contributed by atoms with E-state index in [0.717, 1.165) is 24.0 Å². The molecule has 0 saturated heterocycles. The normalized spacial score (nSPS) is 21.4. The number of nitrogens with one attached hydrogen (secondary N) is 1. The fraction of sp³-hybridized carbons (Fsp3) is 0.435. The van der Waals surface area contributed by atoms with Crippen LogP contribution in [0.15, 0.2) is 54.6 Å². The highest BCUT2D eigenvalue weighted by Gasteiger charge is 2.35. The smallest absolute Gasteiger partial charge is 0.251 e. The highest BCUT2D eigenvalue weighted by atomic mass is 16.1. The van der Waals surface area contributed by atoms with Crippen LogP contribution in [0.1, 0.15) is 53.2 Å². The lowest BCUT2D eigenvalue weighted by Crippen LogP contribution is -2.47. The van der Waals surface area contributed by atoms with Crippen LogP contribution in [0.4, 0.5) is 0 Å². The maximum Gasteiger partial charge on any atom is 0.251 e. The van der Waals surface area contributed by atoms with Crippen molar-refractivity contribution in [1.29, 1.82) is 0 Å². The van der Waals surface area contributed by atoms with Crippen molar-refractivity contribution in [2.24, 2.45) is 5.92 Å². The second-order valence-corrected chi connectivity index (χ2v) is 7.66. The van der Waals surface area contributed by atoms with Crippen molar-refractivity contribution in [1.82, 2.24) is 10.2 Å². The summed E-state index contributed by atoms with van der Waals surface area (Å²) in [4.78, 5) is 15.2. The Balaban J connectivity index is 1.83. The zero-order valence-electron chi connectivity index (χ0n) is 16.1. The number of carbonyl (C=O) groups is 1. The van der Waals surface area contributed by atoms with E-state index in [-0.39, 0.29) is 11.9 Å². The first kappa shape index (κ1) is 18.7. The zero-order chi connectivity index (χ0) is 18.5. The zero-order valence-corrected chi connectivity index (χ0v) is 16.1. The molecular formula is C23H30N2O. The molecule has 1 aliphatic rings. The van der Waals surface area contributed by atoms with Crippen molar-refractivity contribution in [3.05, 3.63) is 71.3 Å². The van der Waals surface area contributed by atoms with Gasteiger partial charge in [-0.15, -0.1) is 0 Å². The first-order valence-corrected chi connectivity index (χ1v) is 9.66. The molecule has 3 unspecified atom stereocenters. The molecule has 3 rings (SSSR count). The molecule has 1 aliphatic carbocycles. The summed E-state index contributed by atoms with van der Waals surface area (Å²) in [6, 6.07) is 19.1. The SMILES string of the molecule is Cc1ccccc1C(=O)NC1CCCCC1C(c1ccccc1)N(C)C. The molecule has 0 aliphatic heterocycles. The summed E-state index contributed by atoms with van der Waals surface area (Å²) in [5, 5.41) is 3.37. The number of benzene rings is 2. The monoisotopic (exact) mass is 350 g/mol. The second kappa shape index (κ2) is 8.50. The summed E-state index contributed by atoms with van der Waals surface area (Å²) < 4.78 is 0. The average Bonchev–Trinajstić information content (AvgIpc) is 2.64. The Kier molecular flexibility index (Phi) is 6.10. The standard InChI is InChI=1S/C23H30N2O/c1-17-11-7-8-14-19(17)23(26)24-21-16-10-9-15-20(21)22(25(2)3)18-12-5-4-6-13-18/h4-8,11-14,20-22H,9-10,15-16H2,1-3H3,(H,24,26). The van der Waals surface area contributed by atoms with E-state index >= 15 is 0 Å². The average molecular weight is 351 g/mol. The molecule has 1 fully saturated rings. The Morgan fingerprint density at radius 1 is 1.00 bits per heavy atom. The van der Waals surface area contributed by atoms with Crippen LogP contribution in [-0.4, -0.2) is 30.9 Å². The van der Waals surface area contributed by atoms with Gasteiger partial charge in [-0.05, 0) is 57.0 Å². The Morgan fingerprint density at radius 2 is 1.65 bits per heavy atom. The third-order valence-electron chi connectivity index (χ3n) is 5.63. The molecule has 0 heterocycles. The van der Waals surface area contributed by atoms with E-state index in [1.165, 1.54) is 18.4 Å². The van der Waals surface area contributed by atoms with Gasteiger partial charge < -0.3 is 10.2 Å². The highest BCUT2D eigenvalue weighted by molar-refractivity contribution is 5.95. The molecule has 0 bridgehead atoms. The minimum absolute atomic E-state index is 0.0607. The lowest BCUT2D eigenvalue weighted by molar-refractivity contribution is 0.0845. The Bertz CT molecular complexity index is 726. The van der Waals surface area contributed by atoms with Gasteiger partial charge in [-0.2, -0.15) is 0 Å². The van der Waals surface area contributed by atoms with Crippen molar-refractivity contribution in [3.63, 3.8) is 0 Å². The summed E-state index contributed by atoms with van der Waals surface area (Å²) in [6.07, 6.45) is 4.62. The number of rotatable bonds is 5. The van der Waals surface area contributed by atoms with Gasteiger partial charge in [0.15, 0.2) is 0 Å². The van der Waals surface area contributed by atoms with Crippen LogP contribution in [0.5, 0.6) is 0 Å². The molecule has 0 radical (unpaired) electrons. The quantitative estimate of drug-likeness (QED) is 0.855. The van der Waals surface area contributed by atoms with E-state index in [1.807, 2.05) is 31.2 Å². The molecule has 2 aromatic rings. The highest BCUT2D eigenvalue weighted by Crippen LogP contribution is 2.37. The predicted octanol–water partition coefficient (Wildman–Crippen LogP) is 4.59. The van der Waals surface area contributed by atoms with Gasteiger partial charge in [0.1, 0.15) is 0 Å². The number of hydrogen-bond donors (Lipinski definition) is 1. The molecule has 3 atom stereocenters. The summed E-state index contributed by atoms with van der Waals surface area (Å²) in [5.41, 5.74) is 3.15. The molecule has 3 heteroatoms. The minimum atomic E-state index is 0.0607. The summed E-state index contributed by atoms with van der Waals surface area (Å²) in [5.74, 6) is 0.486. The summed E-state index contributed by atoms with van der Waals surface area (Å²) >= 11 is 0. The number of amides is 1. The molecule has 1 amide bonds. The molecule has 0 aromatic heterocycles. The lowest BCUT2D eigenvalue weighted by Gasteiger charge is -2.41. The van der Waals surface area contributed by atoms with Crippen LogP contribution in [0, 0.1) is 12.8 Å². The predicted molar refractivity (Wildman–Crippen MR) is 107 cm³/mol. The van der Waals surface area contributed by atoms with Gasteiger partial charge in [-0.3, -0.25) is 4.79 Å². The Hall–Kier alpha value is -2.13. The lowest BCUT2D eigenvalue weighted by atomic mass is 9.77. The molecule has 1 N–H and O–H groups in total. The number of hydrogen-bond acceptors (Lipinski definition) is 2. The van der Waals surface area contributed by atoms with Gasteiger partial charge >= 0.3 is 0 Å². The Morgan fingerprint density at radius 3 is 2.35 bits per heavy atom. The van der Waals surface area contributed by atoms with Crippen molar-refractivity contribution in [3.8, 4) is 0 Å². The van der Waals surface area contributed by atoms with Gasteiger partial charge in [-0.1, -0.05) is 61.4 Å². The summed E-state index contributed by atoms with van der Waals surface area (Å²) in [6.45, 7) is 2.00. The molecule has 2 aromatic carbocycles. The molecule has 3 nitrogen and oxygen atoms in total. The molecule has 1 saturated carbocycles. The Labute approximate surface area is 157 Å². The van der Waals surface area contributed by atoms with Crippen molar-refractivity contribution in [2.45, 2.75) is 44.7 Å². The van der Waals surface area contributed by atoms with E-state index in [4.69, 9.17) is 0 Å². The van der Waals surface area contributed by atoms with Crippen LogP contribution in [0.2, 0.25) is 0 Å². The van der Waals surface area contributed by atoms with Gasteiger partial charge in [0, 0.05) is 17.6 Å². The van der Waals surface area contributed by atoms with Crippen LogP contribution in [-0.2, 0) is 0 Å². The minimum Gasteiger partial charge on any atom is -0.349 e. The van der Waals surface area contributed by atoms with E-state index < -0.39 is 0 Å². The first-order chi connectivity index (χ1) is 12.6. The van der Waals surface area contributed by atoms with E-state index in [1.54, 1.807) is 0 Å². The third-order valence-corrected chi connectivity index (χ3v) is 5.63. The van der Waals surface area contributed by atoms with Crippen molar-refractivity contribution >= 4 is 5.91 Å². The number of aryl methyl sites for hydroxylation is 1. The fourth-order valence-electron chi connectivity index (χ4n) is 4.37. The molecule has 0 spiro atoms. The van der Waals surface area contributed by atoms with E-state index in [2.05, 4.69) is 54.6 Å². The topological polar surface area (TPSA) is 32.3 Å². The van der Waals surface area contributed by atoms with Crippen LogP contribution < -0.4 is 5.32 Å². The van der Waals surface area contributed by atoms with Crippen molar-refractivity contribution in [2.75, 3.05) is 14.1 Å². The van der Waals surface area contributed by atoms with E-state index in [0.29, 0.717) is 12.0 Å². The van der Waals surface area contributed by atoms with Gasteiger partial charge in [0.25, 0.3) is 5.91 Å². The van der Waals surface area contributed by atoms with Gasteiger partial charge in [-0.25, -0.2) is 0 Å². The maximum absolute atomic E-state index is 12.9. The van der Waals surface area contributed by atoms with Crippen molar-refractivity contribution < 1.29 is 4.79 Å². The second-order valence-electron chi connectivity index (χ2n) is 7.66. The first-order valence-electron chi connectivity index (χ1n) is 9.66. The molecule has 138 valence electrons. The largest absolute Gasteiger partial charge is 0.349 e. The molecular weight excluding hydrogens is 320 g/mol.